The lowest BCUT2D eigenvalue weighted by atomic mass is 10.0. The topological polar surface area (TPSA) is 67.9 Å². The van der Waals surface area contributed by atoms with Gasteiger partial charge >= 0.3 is 0 Å². The molecule has 0 unspecified atom stereocenters. The summed E-state index contributed by atoms with van der Waals surface area (Å²) in [6.45, 7) is 2.12. The summed E-state index contributed by atoms with van der Waals surface area (Å²) < 4.78 is 10.4. The highest BCUT2D eigenvalue weighted by molar-refractivity contribution is 6.36. The molecule has 0 aliphatic carbocycles. The van der Waals surface area contributed by atoms with E-state index in [9.17, 15) is 9.59 Å². The van der Waals surface area contributed by atoms with Gasteiger partial charge in [0, 0.05) is 5.69 Å². The molecule has 1 aliphatic heterocycles. The minimum atomic E-state index is -0.361. The monoisotopic (exact) mass is 428 g/mol. The molecule has 0 saturated heterocycles. The molecule has 0 fully saturated rings. The Morgan fingerprint density at radius 1 is 0.781 bits per heavy atom. The van der Waals surface area contributed by atoms with Gasteiger partial charge in [-0.1, -0.05) is 42.5 Å². The number of nitrogens with one attached hydrogen (secondary N) is 1. The molecule has 1 aliphatic rings. The number of aryl methyl sites for hydroxylation is 1. The number of hydrogen-bond donors (Lipinski definition) is 1. The van der Waals surface area contributed by atoms with Crippen LogP contribution in [0.4, 0.5) is 5.69 Å². The van der Waals surface area contributed by atoms with Gasteiger partial charge in [0.25, 0.3) is 11.8 Å². The van der Waals surface area contributed by atoms with Crippen molar-refractivity contribution in [2.45, 2.75) is 13.5 Å². The van der Waals surface area contributed by atoms with Crippen LogP contribution in [0.25, 0.3) is 5.57 Å². The van der Waals surface area contributed by atoms with Crippen molar-refractivity contribution < 1.29 is 19.1 Å². The van der Waals surface area contributed by atoms with Gasteiger partial charge in [0.05, 0.1) is 26.3 Å². The van der Waals surface area contributed by atoms with E-state index in [4.69, 9.17) is 9.47 Å². The standard InChI is InChI=1S/C26H24N2O4/c1-17-6-4-5-7-22(17)27-24-23(19-10-14-21(32-3)15-11-19)25(29)28(26(24)30)16-18-8-12-20(31-2)13-9-18/h4-15,27H,16H2,1-3H3. The van der Waals surface area contributed by atoms with Gasteiger partial charge in [0.1, 0.15) is 17.2 Å². The van der Waals surface area contributed by atoms with Crippen molar-refractivity contribution in [1.82, 2.24) is 4.90 Å². The second-order valence-corrected chi connectivity index (χ2v) is 7.46. The third kappa shape index (κ3) is 4.07. The number of imide groups is 1. The predicted molar refractivity (Wildman–Crippen MR) is 123 cm³/mol. The van der Waals surface area contributed by atoms with Gasteiger partial charge in [-0.25, -0.2) is 0 Å². The van der Waals surface area contributed by atoms with Crippen molar-refractivity contribution in [1.29, 1.82) is 0 Å². The number of benzene rings is 3. The van der Waals surface area contributed by atoms with Gasteiger partial charge in [-0.05, 0) is 53.9 Å². The van der Waals surface area contributed by atoms with Crippen LogP contribution in [0.2, 0.25) is 0 Å². The number of amides is 2. The third-order valence-electron chi connectivity index (χ3n) is 5.45. The molecule has 6 nitrogen and oxygen atoms in total. The van der Waals surface area contributed by atoms with Crippen molar-refractivity contribution in [2.75, 3.05) is 19.5 Å². The van der Waals surface area contributed by atoms with Gasteiger partial charge in [0.2, 0.25) is 0 Å². The Balaban J connectivity index is 1.72. The molecule has 0 atom stereocenters. The van der Waals surface area contributed by atoms with E-state index in [1.807, 2.05) is 55.5 Å². The Labute approximate surface area is 187 Å². The molecular formula is C26H24N2O4. The molecule has 0 saturated carbocycles. The molecule has 32 heavy (non-hydrogen) atoms. The molecule has 3 aromatic carbocycles. The van der Waals surface area contributed by atoms with Crippen LogP contribution in [0.3, 0.4) is 0 Å². The number of methoxy groups -OCH3 is 2. The van der Waals surface area contributed by atoms with Gasteiger partial charge in [-0.15, -0.1) is 0 Å². The fraction of sp³-hybridized carbons (Fsp3) is 0.154. The largest absolute Gasteiger partial charge is 0.497 e. The molecular weight excluding hydrogens is 404 g/mol. The maximum absolute atomic E-state index is 13.4. The summed E-state index contributed by atoms with van der Waals surface area (Å²) in [5.74, 6) is 0.688. The highest BCUT2D eigenvalue weighted by Crippen LogP contribution is 2.33. The Morgan fingerprint density at radius 3 is 1.97 bits per heavy atom. The zero-order valence-electron chi connectivity index (χ0n) is 18.2. The molecule has 2 amide bonds. The first-order valence-electron chi connectivity index (χ1n) is 10.2. The summed E-state index contributed by atoms with van der Waals surface area (Å²) in [5, 5.41) is 3.22. The molecule has 3 aromatic rings. The molecule has 0 spiro atoms. The summed E-state index contributed by atoms with van der Waals surface area (Å²) >= 11 is 0. The Bertz CT molecular complexity index is 1180. The molecule has 0 bridgehead atoms. The smallest absolute Gasteiger partial charge is 0.278 e. The van der Waals surface area contributed by atoms with Crippen LogP contribution in [-0.4, -0.2) is 30.9 Å². The van der Waals surface area contributed by atoms with Gasteiger partial charge in [-0.3, -0.25) is 14.5 Å². The van der Waals surface area contributed by atoms with Gasteiger partial charge in [-0.2, -0.15) is 0 Å². The van der Waals surface area contributed by atoms with Crippen molar-refractivity contribution in [2.24, 2.45) is 0 Å². The van der Waals surface area contributed by atoms with Crippen molar-refractivity contribution in [3.8, 4) is 11.5 Å². The summed E-state index contributed by atoms with van der Waals surface area (Å²) in [6, 6.07) is 22.1. The van der Waals surface area contributed by atoms with E-state index in [0.717, 1.165) is 16.8 Å². The lowest BCUT2D eigenvalue weighted by Crippen LogP contribution is -2.32. The predicted octanol–water partition coefficient (Wildman–Crippen LogP) is 4.40. The minimum absolute atomic E-state index is 0.167. The van der Waals surface area contributed by atoms with Crippen LogP contribution >= 0.6 is 0 Å². The number of nitrogens with zero attached hydrogens (tertiary/aromatic N) is 1. The Kier molecular flexibility index (Phi) is 5.94. The molecule has 0 aromatic heterocycles. The molecule has 4 rings (SSSR count). The van der Waals surface area contributed by atoms with Crippen LogP contribution in [0.15, 0.2) is 78.5 Å². The van der Waals surface area contributed by atoms with Crippen LogP contribution in [0.1, 0.15) is 16.7 Å². The SMILES string of the molecule is COc1ccc(CN2C(=O)C(Nc3ccccc3C)=C(c3ccc(OC)cc3)C2=O)cc1. The fourth-order valence-electron chi connectivity index (χ4n) is 3.62. The first kappa shape index (κ1) is 21.2. The van der Waals surface area contributed by atoms with Crippen LogP contribution in [0.5, 0.6) is 11.5 Å². The van der Waals surface area contributed by atoms with E-state index in [2.05, 4.69) is 5.32 Å². The number of carbonyl (C=O) groups is 2. The number of para-hydroxylation sites is 1. The molecule has 0 radical (unpaired) electrons. The van der Waals surface area contributed by atoms with E-state index >= 15 is 0 Å². The van der Waals surface area contributed by atoms with E-state index in [1.165, 1.54) is 4.90 Å². The minimum Gasteiger partial charge on any atom is -0.497 e. The number of hydrogen-bond acceptors (Lipinski definition) is 5. The molecule has 1 N–H and O–H groups in total. The molecule has 162 valence electrons. The summed E-state index contributed by atoms with van der Waals surface area (Å²) in [7, 11) is 3.18. The lowest BCUT2D eigenvalue weighted by molar-refractivity contribution is -0.137. The second-order valence-electron chi connectivity index (χ2n) is 7.46. The van der Waals surface area contributed by atoms with E-state index in [1.54, 1.807) is 38.5 Å². The quantitative estimate of drug-likeness (QED) is 0.565. The number of rotatable bonds is 7. The van der Waals surface area contributed by atoms with Gasteiger partial charge in [0.15, 0.2) is 0 Å². The molecule has 6 heteroatoms. The van der Waals surface area contributed by atoms with E-state index in [0.29, 0.717) is 22.6 Å². The normalized spacial score (nSPS) is 13.5. The Hall–Kier alpha value is -4.06. The maximum atomic E-state index is 13.4. The highest BCUT2D eigenvalue weighted by atomic mass is 16.5. The third-order valence-corrected chi connectivity index (χ3v) is 5.45. The number of ether oxygens (including phenoxy) is 2. The lowest BCUT2D eigenvalue weighted by Gasteiger charge is -2.16. The van der Waals surface area contributed by atoms with Crippen molar-refractivity contribution in [3.05, 3.63) is 95.2 Å². The fourth-order valence-corrected chi connectivity index (χ4v) is 3.62. The summed E-state index contributed by atoms with van der Waals surface area (Å²) in [6.07, 6.45) is 0. The van der Waals surface area contributed by atoms with E-state index < -0.39 is 0 Å². The van der Waals surface area contributed by atoms with Crippen molar-refractivity contribution in [3.63, 3.8) is 0 Å². The average Bonchev–Trinajstić information content (AvgIpc) is 3.05. The summed E-state index contributed by atoms with van der Waals surface area (Å²) in [4.78, 5) is 28.1. The maximum Gasteiger partial charge on any atom is 0.278 e. The zero-order chi connectivity index (χ0) is 22.7. The highest BCUT2D eigenvalue weighted by Gasteiger charge is 2.39. The molecule has 1 heterocycles. The zero-order valence-corrected chi connectivity index (χ0v) is 18.2. The number of anilines is 1. The van der Waals surface area contributed by atoms with Crippen LogP contribution in [-0.2, 0) is 16.1 Å². The Morgan fingerprint density at radius 2 is 1.38 bits per heavy atom. The number of carbonyl (C=O) groups excluding carboxylic acids is 2. The van der Waals surface area contributed by atoms with Crippen LogP contribution < -0.4 is 14.8 Å². The van der Waals surface area contributed by atoms with Crippen LogP contribution in [0, 0.1) is 6.92 Å². The second kappa shape index (κ2) is 8.98. The van der Waals surface area contributed by atoms with E-state index in [-0.39, 0.29) is 24.1 Å². The summed E-state index contributed by atoms with van der Waals surface area (Å²) in [5.41, 5.74) is 3.84. The van der Waals surface area contributed by atoms with Gasteiger partial charge < -0.3 is 14.8 Å². The average molecular weight is 428 g/mol. The first-order chi connectivity index (χ1) is 15.5. The van der Waals surface area contributed by atoms with Crippen molar-refractivity contribution >= 4 is 23.1 Å². The first-order valence-corrected chi connectivity index (χ1v) is 10.2.